The van der Waals surface area contributed by atoms with Crippen LogP contribution in [-0.4, -0.2) is 69.5 Å². The third kappa shape index (κ3) is 9.40. The van der Waals surface area contributed by atoms with E-state index >= 15 is 0 Å². The zero-order valence-corrected chi connectivity index (χ0v) is 22.3. The molecule has 1 heterocycles. The van der Waals surface area contributed by atoms with Crippen molar-refractivity contribution in [3.8, 4) is 5.75 Å². The molecule has 1 fully saturated rings. The monoisotopic (exact) mass is 566 g/mol. The number of nitrogens with zero attached hydrogens (tertiary/aromatic N) is 3. The van der Waals surface area contributed by atoms with Crippen LogP contribution in [-0.2, 0) is 54.1 Å². The molecule has 11 heteroatoms. The van der Waals surface area contributed by atoms with Crippen molar-refractivity contribution in [2.75, 3.05) is 19.6 Å². The zero-order chi connectivity index (χ0) is 26.6. The normalized spacial score (nSPS) is 16.9. The minimum atomic E-state index is -1.06. The second kappa shape index (κ2) is 16.1. The van der Waals surface area contributed by atoms with Gasteiger partial charge in [0.1, 0.15) is 12.4 Å². The van der Waals surface area contributed by atoms with Crippen molar-refractivity contribution in [1.82, 2.24) is 14.8 Å². The molecule has 0 saturated heterocycles. The van der Waals surface area contributed by atoms with E-state index in [0.717, 1.165) is 18.4 Å². The van der Waals surface area contributed by atoms with Gasteiger partial charge in [-0.05, 0) is 30.5 Å². The van der Waals surface area contributed by atoms with Gasteiger partial charge in [0.2, 0.25) is 0 Å². The molecule has 207 valence electrons. The SMILES string of the molecule is [CH2-]OC(=O)CN(CC(=O)O)C1CCCC[C@@H]1N(CC(=O)O[CH2-])Cc1ncccc1OCc1ccccc1.[Mn]. The first-order valence-corrected chi connectivity index (χ1v) is 12.1. The molecular weight excluding hydrogens is 533 g/mol. The van der Waals surface area contributed by atoms with Gasteiger partial charge >= 0.3 is 5.97 Å². The number of aromatic nitrogens is 1. The molecule has 0 aliphatic heterocycles. The largest absolute Gasteiger partial charge is 0.639 e. The van der Waals surface area contributed by atoms with Crippen LogP contribution in [0.2, 0.25) is 0 Å². The smallest absolute Gasteiger partial charge is 0.317 e. The second-order valence-electron chi connectivity index (χ2n) is 8.88. The summed E-state index contributed by atoms with van der Waals surface area (Å²) < 4.78 is 15.3. The molecule has 1 unspecified atom stereocenters. The fraction of sp³-hybridized carbons (Fsp3) is 0.407. The maximum absolute atomic E-state index is 12.4. The molecule has 1 saturated carbocycles. The molecular formula is C27H33MnN3O7-2. The van der Waals surface area contributed by atoms with Crippen LogP contribution in [0, 0.1) is 14.2 Å². The minimum Gasteiger partial charge on any atom is -0.639 e. The van der Waals surface area contributed by atoms with Crippen LogP contribution in [0.25, 0.3) is 0 Å². The molecule has 1 aromatic carbocycles. The molecule has 3 rings (SSSR count). The molecule has 38 heavy (non-hydrogen) atoms. The summed E-state index contributed by atoms with van der Waals surface area (Å²) in [6.07, 6.45) is 4.74. The summed E-state index contributed by atoms with van der Waals surface area (Å²) in [5.74, 6) is -1.65. The Kier molecular flexibility index (Phi) is 13.2. The average Bonchev–Trinajstić information content (AvgIpc) is 2.92. The summed E-state index contributed by atoms with van der Waals surface area (Å²) in [6.45, 7) is -0.0490. The number of ether oxygens (including phenoxy) is 3. The maximum Gasteiger partial charge on any atom is 0.317 e. The number of aliphatic carboxylic acids is 1. The Morgan fingerprint density at radius 1 is 0.895 bits per heavy atom. The summed E-state index contributed by atoms with van der Waals surface area (Å²) in [4.78, 5) is 44.0. The maximum atomic E-state index is 12.4. The second-order valence-corrected chi connectivity index (χ2v) is 8.88. The van der Waals surface area contributed by atoms with Crippen LogP contribution >= 0.6 is 0 Å². The van der Waals surface area contributed by atoms with Crippen molar-refractivity contribution in [1.29, 1.82) is 0 Å². The average molecular weight is 567 g/mol. The number of hydrogen-bond acceptors (Lipinski definition) is 9. The number of pyridine rings is 1. The van der Waals surface area contributed by atoms with Crippen molar-refractivity contribution in [3.05, 3.63) is 74.1 Å². The number of carbonyl (C=O) groups is 3. The Morgan fingerprint density at radius 3 is 2.11 bits per heavy atom. The van der Waals surface area contributed by atoms with Gasteiger partial charge < -0.3 is 19.3 Å². The molecule has 0 amide bonds. The van der Waals surface area contributed by atoms with Gasteiger partial charge in [0.05, 0.1) is 25.3 Å². The fourth-order valence-electron chi connectivity index (χ4n) is 4.72. The van der Waals surface area contributed by atoms with Crippen molar-refractivity contribution < 1.29 is 50.8 Å². The fourth-order valence-corrected chi connectivity index (χ4v) is 4.72. The van der Waals surface area contributed by atoms with E-state index in [2.05, 4.69) is 23.9 Å². The van der Waals surface area contributed by atoms with Gasteiger partial charge in [0.15, 0.2) is 0 Å². The first-order chi connectivity index (χ1) is 17.9. The van der Waals surface area contributed by atoms with Gasteiger partial charge in [-0.3, -0.25) is 29.2 Å². The van der Waals surface area contributed by atoms with E-state index in [1.165, 1.54) is 0 Å². The predicted molar refractivity (Wildman–Crippen MR) is 134 cm³/mol. The first-order valence-electron chi connectivity index (χ1n) is 12.1. The van der Waals surface area contributed by atoms with E-state index in [4.69, 9.17) is 9.47 Å². The van der Waals surface area contributed by atoms with E-state index in [1.54, 1.807) is 17.2 Å². The van der Waals surface area contributed by atoms with E-state index in [9.17, 15) is 19.5 Å². The zero-order valence-electron chi connectivity index (χ0n) is 21.2. The number of esters is 2. The summed E-state index contributed by atoms with van der Waals surface area (Å²) in [5, 5.41) is 9.50. The Balaban J connectivity index is 0.00000507. The number of benzene rings is 1. The van der Waals surface area contributed by atoms with Crippen LogP contribution in [0.4, 0.5) is 0 Å². The van der Waals surface area contributed by atoms with Crippen molar-refractivity contribution in [2.45, 2.75) is 50.9 Å². The minimum absolute atomic E-state index is 0. The third-order valence-electron chi connectivity index (χ3n) is 6.40. The summed E-state index contributed by atoms with van der Waals surface area (Å²) in [6, 6.07) is 12.8. The van der Waals surface area contributed by atoms with Gasteiger partial charge in [-0.1, -0.05) is 43.2 Å². The molecule has 0 spiro atoms. The van der Waals surface area contributed by atoms with Crippen LogP contribution < -0.4 is 4.74 Å². The molecule has 1 aliphatic rings. The quantitative estimate of drug-likeness (QED) is 0.220. The number of hydrogen-bond donors (Lipinski definition) is 1. The van der Waals surface area contributed by atoms with Gasteiger partial charge in [-0.15, -0.1) is 0 Å². The van der Waals surface area contributed by atoms with E-state index in [-0.39, 0.29) is 55.3 Å². The molecule has 2 aromatic rings. The molecule has 1 radical (unpaired) electrons. The van der Waals surface area contributed by atoms with E-state index < -0.39 is 17.9 Å². The van der Waals surface area contributed by atoms with Gasteiger partial charge in [0, 0.05) is 41.9 Å². The summed E-state index contributed by atoms with van der Waals surface area (Å²) in [5.41, 5.74) is 1.63. The number of rotatable bonds is 13. The molecule has 1 aliphatic carbocycles. The van der Waals surface area contributed by atoms with Gasteiger partial charge in [0.25, 0.3) is 11.9 Å². The topological polar surface area (TPSA) is 119 Å². The molecule has 1 N–H and O–H groups in total. The van der Waals surface area contributed by atoms with Crippen molar-refractivity contribution in [3.63, 3.8) is 0 Å². The van der Waals surface area contributed by atoms with Crippen molar-refractivity contribution >= 4 is 17.9 Å². The van der Waals surface area contributed by atoms with Crippen LogP contribution in [0.5, 0.6) is 5.75 Å². The number of carboxylic acid groups (broad SMARTS) is 1. The Morgan fingerprint density at radius 2 is 1.50 bits per heavy atom. The molecule has 2 atom stereocenters. The van der Waals surface area contributed by atoms with Crippen molar-refractivity contribution in [2.24, 2.45) is 0 Å². The first kappa shape index (κ1) is 31.2. The van der Waals surface area contributed by atoms with Crippen LogP contribution in [0.3, 0.4) is 0 Å². The Hall–Kier alpha value is -2.98. The summed E-state index contributed by atoms with van der Waals surface area (Å²) >= 11 is 0. The van der Waals surface area contributed by atoms with Crippen LogP contribution in [0.1, 0.15) is 36.9 Å². The Labute approximate surface area is 233 Å². The number of carboxylic acids is 1. The standard InChI is InChI=1S/C27H33N3O7.Mn/c1-35-26(33)17-29(15-21-24(13-8-14-28-21)37-19-20-9-4-3-5-10-20)22-11-6-7-12-23(22)30(16-25(31)32)18-27(34)36-2;/h3-5,8-10,13-14,22-23H,1-2,6-7,11-12,15-19H2,(H,31,32);/q-2;/t22-,23?;/m0./s1. The van der Waals surface area contributed by atoms with E-state index in [0.29, 0.717) is 30.9 Å². The number of carbonyl (C=O) groups excluding carboxylic acids is 2. The van der Waals surface area contributed by atoms with E-state index in [1.807, 2.05) is 41.3 Å². The van der Waals surface area contributed by atoms with Crippen LogP contribution in [0.15, 0.2) is 48.7 Å². The predicted octanol–water partition coefficient (Wildman–Crippen LogP) is 2.83. The van der Waals surface area contributed by atoms with Gasteiger partial charge in [-0.2, -0.15) is 14.2 Å². The van der Waals surface area contributed by atoms with Gasteiger partial charge in [-0.25, -0.2) is 0 Å². The molecule has 10 nitrogen and oxygen atoms in total. The molecule has 1 aromatic heterocycles. The molecule has 0 bridgehead atoms. The summed E-state index contributed by atoms with van der Waals surface area (Å²) in [7, 11) is 6.39. The third-order valence-corrected chi connectivity index (χ3v) is 6.40. The Bertz CT molecular complexity index is 1040.